The Bertz CT molecular complexity index is 1030. The maximum atomic E-state index is 12.4. The quantitative estimate of drug-likeness (QED) is 0.215. The van der Waals surface area contributed by atoms with Gasteiger partial charge in [-0.3, -0.25) is 19.2 Å². The van der Waals surface area contributed by atoms with Gasteiger partial charge in [0.15, 0.2) is 23.9 Å². The lowest BCUT2D eigenvalue weighted by Gasteiger charge is -2.12. The van der Waals surface area contributed by atoms with Gasteiger partial charge in [-0.15, -0.1) is 0 Å². The number of nitrogens with one attached hydrogen (secondary N) is 2. The highest BCUT2D eigenvalue weighted by atomic mass is 16.5. The van der Waals surface area contributed by atoms with Crippen molar-refractivity contribution < 1.29 is 33.4 Å². The Balaban J connectivity index is 1.79. The lowest BCUT2D eigenvalue weighted by molar-refractivity contribution is -0.141. The van der Waals surface area contributed by atoms with Gasteiger partial charge in [-0.05, 0) is 62.7 Å². The summed E-state index contributed by atoms with van der Waals surface area (Å²) in [5.41, 5.74) is 1.23. The molecule has 0 aliphatic carbocycles. The Kier molecular flexibility index (Phi) is 12.0. The molecule has 0 unspecified atom stereocenters. The summed E-state index contributed by atoms with van der Waals surface area (Å²) in [5, 5.41) is 5.25. The van der Waals surface area contributed by atoms with E-state index in [-0.39, 0.29) is 5.91 Å². The number of ketones is 1. The number of carbonyl (C=O) groups is 4. The van der Waals surface area contributed by atoms with E-state index in [1.54, 1.807) is 36.4 Å². The molecule has 2 rings (SSSR count). The number of ether oxygens (including phenoxy) is 3. The van der Waals surface area contributed by atoms with Gasteiger partial charge < -0.3 is 24.8 Å². The van der Waals surface area contributed by atoms with Crippen molar-refractivity contribution in [2.75, 3.05) is 31.7 Å². The van der Waals surface area contributed by atoms with Crippen LogP contribution < -0.4 is 20.1 Å². The number of hydrogen-bond donors (Lipinski definition) is 2. The molecule has 0 aliphatic rings. The third-order valence-corrected chi connectivity index (χ3v) is 5.06. The minimum atomic E-state index is -0.747. The Labute approximate surface area is 211 Å². The summed E-state index contributed by atoms with van der Waals surface area (Å²) in [5.74, 6) is -0.752. The molecule has 36 heavy (non-hydrogen) atoms. The SMILES string of the molecule is CCCCCC(=O)Nc1ccc(C(=O)COC(=O)CNC(=O)c2ccc(OCC)c(OCC)c2)cc1. The number of rotatable bonds is 15. The molecule has 2 N–H and O–H groups in total. The molecule has 0 radical (unpaired) electrons. The van der Waals surface area contributed by atoms with Crippen molar-refractivity contribution in [2.45, 2.75) is 46.5 Å². The van der Waals surface area contributed by atoms with Crippen LogP contribution in [0.3, 0.4) is 0 Å². The normalized spacial score (nSPS) is 10.3. The Morgan fingerprint density at radius 2 is 1.47 bits per heavy atom. The molecule has 2 aromatic carbocycles. The molecule has 0 fully saturated rings. The zero-order valence-corrected chi connectivity index (χ0v) is 21.1. The molecule has 0 heterocycles. The highest BCUT2D eigenvalue weighted by Crippen LogP contribution is 2.28. The molecule has 2 aromatic rings. The molecule has 0 atom stereocenters. The molecule has 9 nitrogen and oxygen atoms in total. The zero-order valence-electron chi connectivity index (χ0n) is 21.1. The summed E-state index contributed by atoms with van der Waals surface area (Å²) in [4.78, 5) is 48.6. The fraction of sp³-hybridized carbons (Fsp3) is 0.407. The van der Waals surface area contributed by atoms with E-state index in [0.717, 1.165) is 19.3 Å². The van der Waals surface area contributed by atoms with Gasteiger partial charge in [0.1, 0.15) is 6.54 Å². The van der Waals surface area contributed by atoms with Crippen molar-refractivity contribution in [3.8, 4) is 11.5 Å². The number of unbranched alkanes of at least 4 members (excludes halogenated alkanes) is 2. The van der Waals surface area contributed by atoms with Crippen LogP contribution in [-0.4, -0.2) is 49.9 Å². The second-order valence-corrected chi connectivity index (χ2v) is 7.88. The lowest BCUT2D eigenvalue weighted by atomic mass is 10.1. The Morgan fingerprint density at radius 3 is 2.14 bits per heavy atom. The molecule has 0 saturated carbocycles. The average Bonchev–Trinajstić information content (AvgIpc) is 2.87. The first-order valence-corrected chi connectivity index (χ1v) is 12.1. The van der Waals surface area contributed by atoms with Gasteiger partial charge in [-0.1, -0.05) is 19.8 Å². The molecule has 0 spiro atoms. The number of Topliss-reactive ketones (excluding diaryl/α,β-unsaturated/α-hetero) is 1. The predicted octanol–water partition coefficient (Wildman–Crippen LogP) is 4.16. The van der Waals surface area contributed by atoms with Gasteiger partial charge in [-0.2, -0.15) is 0 Å². The van der Waals surface area contributed by atoms with Crippen molar-refractivity contribution in [1.29, 1.82) is 0 Å². The van der Waals surface area contributed by atoms with Crippen LogP contribution in [0.15, 0.2) is 42.5 Å². The summed E-state index contributed by atoms with van der Waals surface area (Å²) in [7, 11) is 0. The molecular formula is C27H34N2O7. The highest BCUT2D eigenvalue weighted by molar-refractivity contribution is 5.99. The van der Waals surface area contributed by atoms with E-state index >= 15 is 0 Å². The number of esters is 1. The van der Waals surface area contributed by atoms with Crippen LogP contribution >= 0.6 is 0 Å². The Morgan fingerprint density at radius 1 is 0.806 bits per heavy atom. The molecule has 0 saturated heterocycles. The zero-order chi connectivity index (χ0) is 26.3. The van der Waals surface area contributed by atoms with E-state index in [0.29, 0.717) is 47.9 Å². The monoisotopic (exact) mass is 498 g/mol. The number of benzene rings is 2. The van der Waals surface area contributed by atoms with Crippen molar-refractivity contribution in [2.24, 2.45) is 0 Å². The molecule has 2 amide bonds. The van der Waals surface area contributed by atoms with Gasteiger partial charge in [0.05, 0.1) is 13.2 Å². The first kappa shape index (κ1) is 28.4. The van der Waals surface area contributed by atoms with E-state index in [1.165, 1.54) is 6.07 Å². The first-order valence-electron chi connectivity index (χ1n) is 12.1. The van der Waals surface area contributed by atoms with Crippen molar-refractivity contribution in [1.82, 2.24) is 5.32 Å². The standard InChI is InChI=1S/C27H34N2O7/c1-4-7-8-9-25(31)29-21-13-10-19(11-14-21)22(30)18-36-26(32)17-28-27(33)20-12-15-23(34-5-2)24(16-20)35-6-3/h10-16H,4-9,17-18H2,1-3H3,(H,28,33)(H,29,31). The minimum Gasteiger partial charge on any atom is -0.490 e. The van der Waals surface area contributed by atoms with Gasteiger partial charge in [0.25, 0.3) is 5.91 Å². The van der Waals surface area contributed by atoms with Crippen molar-refractivity contribution >= 4 is 29.3 Å². The van der Waals surface area contributed by atoms with E-state index in [9.17, 15) is 19.2 Å². The maximum absolute atomic E-state index is 12.4. The fourth-order valence-corrected chi connectivity index (χ4v) is 3.23. The van der Waals surface area contributed by atoms with Gasteiger partial charge in [-0.25, -0.2) is 0 Å². The number of carbonyl (C=O) groups excluding carboxylic acids is 4. The minimum absolute atomic E-state index is 0.0714. The molecular weight excluding hydrogens is 464 g/mol. The molecule has 0 bridgehead atoms. The van der Waals surface area contributed by atoms with E-state index < -0.39 is 30.8 Å². The summed E-state index contributed by atoms with van der Waals surface area (Å²) < 4.78 is 16.0. The topological polar surface area (TPSA) is 120 Å². The third kappa shape index (κ3) is 9.40. The van der Waals surface area contributed by atoms with Crippen LogP contribution in [0.1, 0.15) is 67.2 Å². The van der Waals surface area contributed by atoms with Crippen molar-refractivity contribution in [3.63, 3.8) is 0 Å². The molecule has 9 heteroatoms. The fourth-order valence-electron chi connectivity index (χ4n) is 3.23. The lowest BCUT2D eigenvalue weighted by Crippen LogP contribution is -2.31. The van der Waals surface area contributed by atoms with Crippen LogP contribution in [0, 0.1) is 0 Å². The largest absolute Gasteiger partial charge is 0.490 e. The second kappa shape index (κ2) is 15.2. The van der Waals surface area contributed by atoms with Gasteiger partial charge >= 0.3 is 5.97 Å². The van der Waals surface area contributed by atoms with Crippen LogP contribution in [0.25, 0.3) is 0 Å². The van der Waals surface area contributed by atoms with Crippen LogP contribution in [0.4, 0.5) is 5.69 Å². The van der Waals surface area contributed by atoms with Crippen LogP contribution in [0.5, 0.6) is 11.5 Å². The molecule has 194 valence electrons. The summed E-state index contributed by atoms with van der Waals surface area (Å²) >= 11 is 0. The number of anilines is 1. The van der Waals surface area contributed by atoms with E-state index in [2.05, 4.69) is 17.6 Å². The summed E-state index contributed by atoms with van der Waals surface area (Å²) in [6.45, 7) is 5.74. The van der Waals surface area contributed by atoms with Gasteiger partial charge in [0, 0.05) is 23.2 Å². The number of hydrogen-bond acceptors (Lipinski definition) is 7. The second-order valence-electron chi connectivity index (χ2n) is 7.88. The maximum Gasteiger partial charge on any atom is 0.325 e. The highest BCUT2D eigenvalue weighted by Gasteiger charge is 2.15. The van der Waals surface area contributed by atoms with E-state index in [4.69, 9.17) is 14.2 Å². The first-order chi connectivity index (χ1) is 17.4. The molecule has 0 aromatic heterocycles. The van der Waals surface area contributed by atoms with E-state index in [1.807, 2.05) is 13.8 Å². The summed E-state index contributed by atoms with van der Waals surface area (Å²) in [6, 6.07) is 11.1. The van der Waals surface area contributed by atoms with Crippen LogP contribution in [-0.2, 0) is 14.3 Å². The molecule has 0 aliphatic heterocycles. The smallest absolute Gasteiger partial charge is 0.325 e. The predicted molar refractivity (Wildman–Crippen MR) is 136 cm³/mol. The summed E-state index contributed by atoms with van der Waals surface area (Å²) in [6.07, 6.45) is 3.32. The number of amides is 2. The van der Waals surface area contributed by atoms with Crippen molar-refractivity contribution in [3.05, 3.63) is 53.6 Å². The third-order valence-electron chi connectivity index (χ3n) is 5.06. The van der Waals surface area contributed by atoms with Gasteiger partial charge in [0.2, 0.25) is 5.91 Å². The average molecular weight is 499 g/mol. The van der Waals surface area contributed by atoms with Crippen LogP contribution in [0.2, 0.25) is 0 Å². The Hall–Kier alpha value is -3.88.